The second kappa shape index (κ2) is 6.29. The smallest absolute Gasteiger partial charge is 0.0931 e. The van der Waals surface area contributed by atoms with Gasteiger partial charge >= 0.3 is 0 Å². The molecule has 1 N–H and O–H groups in total. The Morgan fingerprint density at radius 2 is 2.05 bits per heavy atom. The lowest BCUT2D eigenvalue weighted by Crippen LogP contribution is -2.20. The van der Waals surface area contributed by atoms with E-state index < -0.39 is 6.10 Å². The van der Waals surface area contributed by atoms with E-state index in [9.17, 15) is 5.11 Å². The van der Waals surface area contributed by atoms with Crippen LogP contribution >= 0.6 is 0 Å². The van der Waals surface area contributed by atoms with Gasteiger partial charge in [-0.05, 0) is 31.2 Å². The van der Waals surface area contributed by atoms with Gasteiger partial charge in [0.25, 0.3) is 0 Å². The average Bonchev–Trinajstić information content (AvgIpc) is 2.46. The third-order valence-electron chi connectivity index (χ3n) is 3.07. The molecule has 2 aromatic heterocycles. The zero-order valence-electron chi connectivity index (χ0n) is 11.3. The molecule has 0 spiro atoms. The second-order valence-corrected chi connectivity index (χ2v) is 4.61. The van der Waals surface area contributed by atoms with Crippen molar-refractivity contribution in [2.45, 2.75) is 19.4 Å². The van der Waals surface area contributed by atoms with Crippen molar-refractivity contribution in [3.05, 3.63) is 54.1 Å². The minimum Gasteiger partial charge on any atom is -0.387 e. The van der Waals surface area contributed by atoms with E-state index in [1.54, 1.807) is 13.1 Å². The van der Waals surface area contributed by atoms with Gasteiger partial charge < -0.3 is 10.0 Å². The van der Waals surface area contributed by atoms with Crippen LogP contribution in [-0.4, -0.2) is 28.7 Å². The summed E-state index contributed by atoms with van der Waals surface area (Å²) >= 11 is 0. The maximum atomic E-state index is 9.42. The fraction of sp³-hybridized carbons (Fsp3) is 0.333. The molecule has 0 saturated heterocycles. The Morgan fingerprint density at radius 1 is 1.21 bits per heavy atom. The standard InChI is InChI=1S/C15H19N3O/c1-12(19)15-7-6-14(11-17-15)18(2)10-8-13-5-3-4-9-16-13/h3-7,9,11-12,19H,8,10H2,1-2H3/t12-/m0/s1. The monoisotopic (exact) mass is 257 g/mol. The van der Waals surface area contributed by atoms with Gasteiger partial charge in [0.05, 0.1) is 23.7 Å². The summed E-state index contributed by atoms with van der Waals surface area (Å²) in [4.78, 5) is 10.7. The number of aromatic nitrogens is 2. The summed E-state index contributed by atoms with van der Waals surface area (Å²) < 4.78 is 0. The first-order chi connectivity index (χ1) is 9.16. The Bertz CT molecular complexity index is 497. The highest BCUT2D eigenvalue weighted by molar-refractivity contribution is 5.43. The highest BCUT2D eigenvalue weighted by Crippen LogP contribution is 2.15. The van der Waals surface area contributed by atoms with Crippen LogP contribution in [-0.2, 0) is 6.42 Å². The summed E-state index contributed by atoms with van der Waals surface area (Å²) in [5.41, 5.74) is 2.82. The lowest BCUT2D eigenvalue weighted by Gasteiger charge is -2.19. The Kier molecular flexibility index (Phi) is 4.47. The first kappa shape index (κ1) is 13.5. The molecular weight excluding hydrogens is 238 g/mol. The molecule has 0 aliphatic rings. The zero-order chi connectivity index (χ0) is 13.7. The maximum absolute atomic E-state index is 9.42. The highest BCUT2D eigenvalue weighted by Gasteiger charge is 2.05. The largest absolute Gasteiger partial charge is 0.387 e. The van der Waals surface area contributed by atoms with Crippen molar-refractivity contribution >= 4 is 5.69 Å². The molecule has 0 aromatic carbocycles. The van der Waals surface area contributed by atoms with Crippen molar-refractivity contribution < 1.29 is 5.11 Å². The molecule has 4 nitrogen and oxygen atoms in total. The van der Waals surface area contributed by atoms with E-state index in [0.717, 1.165) is 24.3 Å². The van der Waals surface area contributed by atoms with Gasteiger partial charge in [-0.15, -0.1) is 0 Å². The molecule has 1 atom stereocenters. The van der Waals surface area contributed by atoms with Gasteiger partial charge in [-0.1, -0.05) is 6.07 Å². The summed E-state index contributed by atoms with van der Waals surface area (Å²) in [5.74, 6) is 0. The van der Waals surface area contributed by atoms with E-state index >= 15 is 0 Å². The van der Waals surface area contributed by atoms with Crippen molar-refractivity contribution in [1.82, 2.24) is 9.97 Å². The van der Waals surface area contributed by atoms with E-state index in [1.165, 1.54) is 0 Å². The number of aliphatic hydroxyl groups is 1. The van der Waals surface area contributed by atoms with Crippen molar-refractivity contribution in [3.63, 3.8) is 0 Å². The van der Waals surface area contributed by atoms with Gasteiger partial charge in [0, 0.05) is 31.9 Å². The third-order valence-corrected chi connectivity index (χ3v) is 3.07. The molecule has 2 aromatic rings. The molecule has 2 heterocycles. The van der Waals surface area contributed by atoms with Crippen molar-refractivity contribution in [2.75, 3.05) is 18.5 Å². The Labute approximate surface area is 113 Å². The summed E-state index contributed by atoms with van der Waals surface area (Å²) in [5, 5.41) is 9.42. The Hall–Kier alpha value is -1.94. The topological polar surface area (TPSA) is 49.2 Å². The SMILES string of the molecule is C[C@H](O)c1ccc(N(C)CCc2ccccn2)cn1. The number of aliphatic hydroxyl groups excluding tert-OH is 1. The van der Waals surface area contributed by atoms with Gasteiger partial charge in [-0.25, -0.2) is 0 Å². The summed E-state index contributed by atoms with van der Waals surface area (Å²) in [6.45, 7) is 2.60. The Balaban J connectivity index is 1.94. The second-order valence-electron chi connectivity index (χ2n) is 4.61. The van der Waals surface area contributed by atoms with E-state index in [1.807, 2.05) is 43.6 Å². The predicted molar refractivity (Wildman–Crippen MR) is 76.1 cm³/mol. The molecule has 0 fully saturated rings. The molecule has 0 aliphatic heterocycles. The molecule has 4 heteroatoms. The summed E-state index contributed by atoms with van der Waals surface area (Å²) in [6, 6.07) is 9.79. The third kappa shape index (κ3) is 3.76. The number of nitrogens with zero attached hydrogens (tertiary/aromatic N) is 3. The van der Waals surface area contributed by atoms with Crippen molar-refractivity contribution in [1.29, 1.82) is 0 Å². The zero-order valence-corrected chi connectivity index (χ0v) is 11.3. The van der Waals surface area contributed by atoms with E-state index in [2.05, 4.69) is 14.9 Å². The first-order valence-electron chi connectivity index (χ1n) is 6.42. The van der Waals surface area contributed by atoms with Gasteiger partial charge in [-0.2, -0.15) is 0 Å². The summed E-state index contributed by atoms with van der Waals surface area (Å²) in [7, 11) is 2.03. The van der Waals surface area contributed by atoms with Crippen molar-refractivity contribution in [2.24, 2.45) is 0 Å². The molecule has 100 valence electrons. The van der Waals surface area contributed by atoms with Crippen LogP contribution in [0.1, 0.15) is 24.4 Å². The molecule has 0 saturated carbocycles. The van der Waals surface area contributed by atoms with Crippen LogP contribution in [0.4, 0.5) is 5.69 Å². The lowest BCUT2D eigenvalue weighted by atomic mass is 10.2. The lowest BCUT2D eigenvalue weighted by molar-refractivity contribution is 0.194. The average molecular weight is 257 g/mol. The molecule has 19 heavy (non-hydrogen) atoms. The van der Waals surface area contributed by atoms with Crippen LogP contribution in [0.3, 0.4) is 0 Å². The quantitative estimate of drug-likeness (QED) is 0.892. The van der Waals surface area contributed by atoms with E-state index in [0.29, 0.717) is 5.69 Å². The molecule has 0 bridgehead atoms. The molecule has 0 amide bonds. The number of pyridine rings is 2. The number of likely N-dealkylation sites (N-methyl/N-ethyl adjacent to an activating group) is 1. The van der Waals surface area contributed by atoms with Crippen molar-refractivity contribution in [3.8, 4) is 0 Å². The Morgan fingerprint density at radius 3 is 2.63 bits per heavy atom. The number of anilines is 1. The molecule has 0 aliphatic carbocycles. The normalized spacial score (nSPS) is 12.2. The van der Waals surface area contributed by atoms with Crippen LogP contribution in [0.2, 0.25) is 0 Å². The van der Waals surface area contributed by atoms with E-state index in [-0.39, 0.29) is 0 Å². The molecular formula is C15H19N3O. The number of hydrogen-bond donors (Lipinski definition) is 1. The molecule has 2 rings (SSSR count). The van der Waals surface area contributed by atoms with Gasteiger partial charge in [0.2, 0.25) is 0 Å². The minimum absolute atomic E-state index is 0.520. The number of hydrogen-bond acceptors (Lipinski definition) is 4. The van der Waals surface area contributed by atoms with Crippen LogP contribution in [0, 0.1) is 0 Å². The van der Waals surface area contributed by atoms with E-state index in [4.69, 9.17) is 0 Å². The van der Waals surface area contributed by atoms with Crippen LogP contribution in [0.15, 0.2) is 42.7 Å². The molecule has 0 radical (unpaired) electrons. The van der Waals surface area contributed by atoms with Crippen LogP contribution in [0.25, 0.3) is 0 Å². The fourth-order valence-electron chi connectivity index (χ4n) is 1.83. The minimum atomic E-state index is -0.520. The van der Waals surface area contributed by atoms with Crippen LogP contribution < -0.4 is 4.90 Å². The fourth-order valence-corrected chi connectivity index (χ4v) is 1.83. The maximum Gasteiger partial charge on any atom is 0.0931 e. The van der Waals surface area contributed by atoms with Gasteiger partial charge in [0.15, 0.2) is 0 Å². The van der Waals surface area contributed by atoms with Gasteiger partial charge in [-0.3, -0.25) is 9.97 Å². The van der Waals surface area contributed by atoms with Crippen LogP contribution in [0.5, 0.6) is 0 Å². The predicted octanol–water partition coefficient (Wildman–Crippen LogP) is 2.21. The molecule has 0 unspecified atom stereocenters. The highest BCUT2D eigenvalue weighted by atomic mass is 16.3. The first-order valence-corrected chi connectivity index (χ1v) is 6.42. The van der Waals surface area contributed by atoms with Gasteiger partial charge in [0.1, 0.15) is 0 Å². The summed E-state index contributed by atoms with van der Waals surface area (Å²) in [6.07, 6.45) is 3.98. The number of rotatable bonds is 5.